The topological polar surface area (TPSA) is 99.3 Å². The Morgan fingerprint density at radius 1 is 1.03 bits per heavy atom. The zero-order valence-electron chi connectivity index (χ0n) is 19.0. The molecule has 3 N–H and O–H groups in total. The number of fused-ring (bicyclic) bond motifs is 1. The number of halogens is 1. The zero-order valence-corrected chi connectivity index (χ0v) is 19.8. The number of carboxylic acid groups (broad SMARTS) is 1. The molecule has 0 saturated carbocycles. The average molecular weight is 481 g/mol. The summed E-state index contributed by atoms with van der Waals surface area (Å²) in [4.78, 5) is 14.9. The van der Waals surface area contributed by atoms with Crippen LogP contribution in [0, 0.1) is 5.82 Å². The third-order valence-electron chi connectivity index (χ3n) is 5.67. The summed E-state index contributed by atoms with van der Waals surface area (Å²) in [6, 6.07) is 17.5. The van der Waals surface area contributed by atoms with Gasteiger partial charge in [0, 0.05) is 22.2 Å². The number of carbonyl (C=O) groups is 1. The van der Waals surface area contributed by atoms with E-state index in [1.165, 1.54) is 18.2 Å². The van der Waals surface area contributed by atoms with Crippen LogP contribution in [-0.4, -0.2) is 30.4 Å². The molecule has 0 bridgehead atoms. The minimum atomic E-state index is -3.61. The van der Waals surface area contributed by atoms with Gasteiger partial charge in [-0.05, 0) is 59.0 Å². The van der Waals surface area contributed by atoms with Gasteiger partial charge in [-0.1, -0.05) is 45.0 Å². The summed E-state index contributed by atoms with van der Waals surface area (Å²) in [7, 11) is -3.61. The summed E-state index contributed by atoms with van der Waals surface area (Å²) in [6.45, 7) is 6.18. The quantitative estimate of drug-likeness (QED) is 0.323. The van der Waals surface area contributed by atoms with Crippen LogP contribution < -0.4 is 5.32 Å². The van der Waals surface area contributed by atoms with Crippen molar-refractivity contribution in [2.75, 3.05) is 11.2 Å². The Balaban J connectivity index is 1.65. The number of hydrogen-bond donors (Lipinski definition) is 3. The summed E-state index contributed by atoms with van der Waals surface area (Å²) < 4.78 is 39.6. The first-order chi connectivity index (χ1) is 16.0. The maximum atomic E-state index is 13.8. The molecule has 0 aliphatic rings. The molecule has 0 atom stereocenters. The summed E-state index contributed by atoms with van der Waals surface area (Å²) in [5.74, 6) is -1.99. The molecule has 0 amide bonds. The van der Waals surface area contributed by atoms with E-state index in [1.54, 1.807) is 36.4 Å². The normalized spacial score (nSPS) is 12.1. The van der Waals surface area contributed by atoms with Crippen LogP contribution in [0.1, 0.15) is 36.8 Å². The Labute approximate surface area is 197 Å². The van der Waals surface area contributed by atoms with E-state index in [0.29, 0.717) is 27.7 Å². The van der Waals surface area contributed by atoms with Crippen LogP contribution in [0.2, 0.25) is 0 Å². The molecule has 4 rings (SSSR count). The molecular formula is C26H25FN2O4S. The number of nitrogens with one attached hydrogen (secondary N) is 2. The molecule has 1 aromatic heterocycles. The third-order valence-corrected chi connectivity index (χ3v) is 7.19. The summed E-state index contributed by atoms with van der Waals surface area (Å²) >= 11 is 0. The number of aromatic carboxylic acids is 1. The van der Waals surface area contributed by atoms with E-state index in [1.807, 2.05) is 12.1 Å². The van der Waals surface area contributed by atoms with E-state index >= 15 is 0 Å². The minimum absolute atomic E-state index is 0.0655. The maximum absolute atomic E-state index is 13.8. The highest BCUT2D eigenvalue weighted by Crippen LogP contribution is 2.34. The van der Waals surface area contributed by atoms with E-state index in [0.717, 1.165) is 5.56 Å². The predicted molar refractivity (Wildman–Crippen MR) is 131 cm³/mol. The molecule has 176 valence electrons. The number of carboxylic acids is 1. The first-order valence-electron chi connectivity index (χ1n) is 10.7. The number of H-pyrrole nitrogens is 1. The standard InChI is InChI=1S/C26H25FN2O4S/c1-26(2,3)17-7-10-20(11-8-17)34(32,33)15-28-19-9-12-22-21(14-19)23(24(29-22)25(30)31)16-5-4-6-18(27)13-16/h4-14,28-29H,15H2,1-3H3,(H,30,31). The lowest BCUT2D eigenvalue weighted by Gasteiger charge is -2.19. The molecular weight excluding hydrogens is 455 g/mol. The van der Waals surface area contributed by atoms with E-state index in [2.05, 4.69) is 31.1 Å². The van der Waals surface area contributed by atoms with Gasteiger partial charge in [0.2, 0.25) is 0 Å². The van der Waals surface area contributed by atoms with E-state index in [4.69, 9.17) is 0 Å². The zero-order chi connectivity index (χ0) is 24.7. The first kappa shape index (κ1) is 23.5. The summed E-state index contributed by atoms with van der Waals surface area (Å²) in [5.41, 5.74) is 2.68. The Hall–Kier alpha value is -3.65. The van der Waals surface area contributed by atoms with Gasteiger partial charge in [0.1, 0.15) is 17.4 Å². The van der Waals surface area contributed by atoms with Crippen molar-refractivity contribution < 1.29 is 22.7 Å². The average Bonchev–Trinajstić information content (AvgIpc) is 3.16. The van der Waals surface area contributed by atoms with Crippen molar-refractivity contribution in [1.82, 2.24) is 4.98 Å². The smallest absolute Gasteiger partial charge is 0.352 e. The van der Waals surface area contributed by atoms with Gasteiger partial charge < -0.3 is 15.4 Å². The monoisotopic (exact) mass is 480 g/mol. The van der Waals surface area contributed by atoms with Crippen molar-refractivity contribution in [3.63, 3.8) is 0 Å². The van der Waals surface area contributed by atoms with Crippen LogP contribution in [0.3, 0.4) is 0 Å². The lowest BCUT2D eigenvalue weighted by molar-refractivity contribution is 0.0692. The molecule has 0 aliphatic heterocycles. The van der Waals surface area contributed by atoms with Crippen molar-refractivity contribution in [2.45, 2.75) is 31.1 Å². The number of benzene rings is 3. The molecule has 1 heterocycles. The second-order valence-electron chi connectivity index (χ2n) is 9.16. The number of aromatic nitrogens is 1. The van der Waals surface area contributed by atoms with Gasteiger partial charge in [-0.2, -0.15) is 0 Å². The first-order valence-corrected chi connectivity index (χ1v) is 12.3. The molecule has 0 fully saturated rings. The Morgan fingerprint density at radius 2 is 1.74 bits per heavy atom. The Morgan fingerprint density at radius 3 is 2.35 bits per heavy atom. The number of sulfone groups is 1. The fourth-order valence-electron chi connectivity index (χ4n) is 3.83. The Kier molecular flexibility index (Phi) is 5.95. The molecule has 3 aromatic carbocycles. The van der Waals surface area contributed by atoms with Gasteiger partial charge in [0.05, 0.1) is 4.90 Å². The molecule has 0 spiro atoms. The number of aromatic amines is 1. The molecule has 0 radical (unpaired) electrons. The van der Waals surface area contributed by atoms with Gasteiger partial charge >= 0.3 is 5.97 Å². The lowest BCUT2D eigenvalue weighted by Crippen LogP contribution is -2.16. The van der Waals surface area contributed by atoms with Crippen molar-refractivity contribution in [2.24, 2.45) is 0 Å². The maximum Gasteiger partial charge on any atom is 0.352 e. The van der Waals surface area contributed by atoms with Crippen LogP contribution in [0.15, 0.2) is 71.6 Å². The number of rotatable bonds is 6. The fourth-order valence-corrected chi connectivity index (χ4v) is 4.90. The third kappa shape index (κ3) is 4.68. The van der Waals surface area contributed by atoms with Crippen molar-refractivity contribution in [3.05, 3.63) is 83.8 Å². The largest absolute Gasteiger partial charge is 0.477 e. The van der Waals surface area contributed by atoms with E-state index in [9.17, 15) is 22.7 Å². The second-order valence-corrected chi connectivity index (χ2v) is 11.2. The van der Waals surface area contributed by atoms with Gasteiger partial charge in [0.25, 0.3) is 0 Å². The van der Waals surface area contributed by atoms with Crippen LogP contribution >= 0.6 is 0 Å². The van der Waals surface area contributed by atoms with Gasteiger partial charge in [-0.15, -0.1) is 0 Å². The highest BCUT2D eigenvalue weighted by Gasteiger charge is 2.21. The lowest BCUT2D eigenvalue weighted by atomic mass is 9.87. The van der Waals surface area contributed by atoms with Crippen LogP contribution in [-0.2, 0) is 15.3 Å². The van der Waals surface area contributed by atoms with Crippen molar-refractivity contribution in [1.29, 1.82) is 0 Å². The molecule has 34 heavy (non-hydrogen) atoms. The number of hydrogen-bond acceptors (Lipinski definition) is 4. The van der Waals surface area contributed by atoms with Gasteiger partial charge in [-0.3, -0.25) is 0 Å². The molecule has 0 aliphatic carbocycles. The number of anilines is 1. The highest BCUT2D eigenvalue weighted by atomic mass is 32.2. The SMILES string of the molecule is CC(C)(C)c1ccc(S(=O)(=O)CNc2ccc3[nH]c(C(=O)O)c(-c4cccc(F)c4)c3c2)cc1. The second kappa shape index (κ2) is 8.61. The van der Waals surface area contributed by atoms with E-state index in [-0.39, 0.29) is 21.9 Å². The van der Waals surface area contributed by atoms with Crippen molar-refractivity contribution >= 4 is 32.4 Å². The summed E-state index contributed by atoms with van der Waals surface area (Å²) in [5, 5.41) is 13.1. The van der Waals surface area contributed by atoms with Crippen molar-refractivity contribution in [3.8, 4) is 11.1 Å². The molecule has 4 aromatic rings. The minimum Gasteiger partial charge on any atom is -0.477 e. The van der Waals surface area contributed by atoms with Gasteiger partial charge in [0.15, 0.2) is 9.84 Å². The van der Waals surface area contributed by atoms with Crippen LogP contribution in [0.4, 0.5) is 10.1 Å². The fraction of sp³-hybridized carbons (Fsp3) is 0.192. The predicted octanol–water partition coefficient (Wildman–Crippen LogP) is 5.81. The van der Waals surface area contributed by atoms with Gasteiger partial charge in [-0.25, -0.2) is 17.6 Å². The molecule has 0 unspecified atom stereocenters. The van der Waals surface area contributed by atoms with Crippen LogP contribution in [0.25, 0.3) is 22.0 Å². The Bertz CT molecular complexity index is 1480. The van der Waals surface area contributed by atoms with E-state index < -0.39 is 21.6 Å². The summed E-state index contributed by atoms with van der Waals surface area (Å²) in [6.07, 6.45) is 0. The van der Waals surface area contributed by atoms with Crippen LogP contribution in [0.5, 0.6) is 0 Å². The molecule has 6 nitrogen and oxygen atoms in total. The molecule has 0 saturated heterocycles. The molecule has 8 heteroatoms. The highest BCUT2D eigenvalue weighted by molar-refractivity contribution is 7.91.